The molecule has 0 N–H and O–H groups in total. The smallest absolute Gasteiger partial charge is 0.295 e. The zero-order valence-corrected chi connectivity index (χ0v) is 21.1. The maximum absolute atomic E-state index is 13.9. The summed E-state index contributed by atoms with van der Waals surface area (Å²) in [5.74, 6) is 1.23. The maximum Gasteiger partial charge on any atom is 0.295 e. The number of carbonyl (C=O) groups excluding carboxylic acids is 1. The van der Waals surface area contributed by atoms with Crippen LogP contribution < -0.4 is 19.8 Å². The van der Waals surface area contributed by atoms with Gasteiger partial charge in [0.25, 0.3) is 5.91 Å². The van der Waals surface area contributed by atoms with Crippen molar-refractivity contribution in [1.29, 1.82) is 0 Å². The number of hydrogen-bond donors (Lipinski definition) is 0. The molecule has 0 radical (unpaired) electrons. The second-order valence-corrected chi connectivity index (χ2v) is 9.64. The van der Waals surface area contributed by atoms with E-state index in [0.717, 1.165) is 16.7 Å². The molecule has 1 unspecified atom stereocenters. The fraction of sp³-hybridized carbons (Fsp3) is 0.267. The number of benzene rings is 3. The van der Waals surface area contributed by atoms with Gasteiger partial charge in [0.1, 0.15) is 5.58 Å². The molecule has 1 atom stereocenters. The Balaban J connectivity index is 1.74. The fourth-order valence-electron chi connectivity index (χ4n) is 4.63. The molecular formula is C30H29NO5. The van der Waals surface area contributed by atoms with Gasteiger partial charge in [-0.3, -0.25) is 14.5 Å². The number of carbonyl (C=O) groups is 1. The van der Waals surface area contributed by atoms with E-state index in [2.05, 4.69) is 13.8 Å². The maximum atomic E-state index is 13.9. The molecule has 0 fully saturated rings. The molecular weight excluding hydrogens is 454 g/mol. The highest BCUT2D eigenvalue weighted by Crippen LogP contribution is 2.43. The van der Waals surface area contributed by atoms with Crippen molar-refractivity contribution in [3.63, 3.8) is 0 Å². The van der Waals surface area contributed by atoms with Gasteiger partial charge in [-0.25, -0.2) is 0 Å². The molecule has 4 aromatic rings. The number of rotatable bonds is 6. The van der Waals surface area contributed by atoms with E-state index in [1.807, 2.05) is 74.5 Å². The molecule has 1 amide bonds. The Bertz CT molecular complexity index is 1520. The van der Waals surface area contributed by atoms with Crippen molar-refractivity contribution in [2.24, 2.45) is 5.92 Å². The van der Waals surface area contributed by atoms with Crippen LogP contribution in [0.4, 0.5) is 5.69 Å². The molecule has 0 saturated heterocycles. The predicted molar refractivity (Wildman–Crippen MR) is 140 cm³/mol. The summed E-state index contributed by atoms with van der Waals surface area (Å²) in [6.45, 7) is 8.61. The first kappa shape index (κ1) is 23.7. The highest BCUT2D eigenvalue weighted by Gasteiger charge is 2.44. The Morgan fingerprint density at radius 1 is 0.944 bits per heavy atom. The number of ether oxygens (including phenoxy) is 2. The van der Waals surface area contributed by atoms with Crippen molar-refractivity contribution in [3.8, 4) is 11.5 Å². The summed E-state index contributed by atoms with van der Waals surface area (Å²) in [6, 6.07) is 17.9. The number of nitrogens with zero attached hydrogens (tertiary/aromatic N) is 1. The molecule has 0 spiro atoms. The average Bonchev–Trinajstić information content (AvgIpc) is 3.16. The molecule has 5 rings (SSSR count). The van der Waals surface area contributed by atoms with Gasteiger partial charge in [-0.2, -0.15) is 0 Å². The largest absolute Gasteiger partial charge is 0.493 e. The third kappa shape index (κ3) is 3.92. The van der Waals surface area contributed by atoms with Gasteiger partial charge in [-0.15, -0.1) is 0 Å². The van der Waals surface area contributed by atoms with Crippen molar-refractivity contribution in [2.75, 3.05) is 18.6 Å². The molecule has 6 nitrogen and oxygen atoms in total. The van der Waals surface area contributed by atoms with Crippen molar-refractivity contribution < 1.29 is 18.7 Å². The third-order valence-electron chi connectivity index (χ3n) is 6.60. The second kappa shape index (κ2) is 9.19. The van der Waals surface area contributed by atoms with Crippen LogP contribution >= 0.6 is 0 Å². The minimum Gasteiger partial charge on any atom is -0.493 e. The molecule has 3 aromatic carbocycles. The highest BCUT2D eigenvalue weighted by atomic mass is 16.5. The van der Waals surface area contributed by atoms with E-state index in [4.69, 9.17) is 13.9 Å². The van der Waals surface area contributed by atoms with E-state index < -0.39 is 6.04 Å². The van der Waals surface area contributed by atoms with Gasteiger partial charge in [0.15, 0.2) is 16.9 Å². The summed E-state index contributed by atoms with van der Waals surface area (Å²) >= 11 is 0. The Kier molecular flexibility index (Phi) is 6.04. The van der Waals surface area contributed by atoms with E-state index in [1.54, 1.807) is 12.0 Å². The van der Waals surface area contributed by atoms with Gasteiger partial charge in [-0.1, -0.05) is 38.1 Å². The van der Waals surface area contributed by atoms with E-state index in [1.165, 1.54) is 0 Å². The molecule has 36 heavy (non-hydrogen) atoms. The van der Waals surface area contributed by atoms with Gasteiger partial charge in [-0.05, 0) is 72.9 Å². The lowest BCUT2D eigenvalue weighted by molar-refractivity contribution is 0.0971. The van der Waals surface area contributed by atoms with Gasteiger partial charge >= 0.3 is 0 Å². The Morgan fingerprint density at radius 3 is 2.36 bits per heavy atom. The van der Waals surface area contributed by atoms with Crippen LogP contribution in [0.2, 0.25) is 0 Å². The molecule has 6 heteroatoms. The lowest BCUT2D eigenvalue weighted by Crippen LogP contribution is -2.29. The summed E-state index contributed by atoms with van der Waals surface area (Å²) in [5.41, 5.74) is 3.93. The quantitative estimate of drug-likeness (QED) is 0.326. The highest BCUT2D eigenvalue weighted by molar-refractivity contribution is 6.10. The van der Waals surface area contributed by atoms with E-state index in [0.29, 0.717) is 46.2 Å². The normalized spacial score (nSPS) is 15.0. The van der Waals surface area contributed by atoms with Crippen molar-refractivity contribution in [2.45, 2.75) is 33.7 Å². The molecule has 184 valence electrons. The van der Waals surface area contributed by atoms with Crippen molar-refractivity contribution >= 4 is 22.6 Å². The molecule has 1 aliphatic rings. The first-order chi connectivity index (χ1) is 17.3. The van der Waals surface area contributed by atoms with Crippen LogP contribution in [0.25, 0.3) is 11.0 Å². The number of amides is 1. The van der Waals surface area contributed by atoms with Gasteiger partial charge < -0.3 is 13.9 Å². The lowest BCUT2D eigenvalue weighted by Gasteiger charge is -2.26. The number of fused-ring (bicyclic) bond motifs is 2. The number of aryl methyl sites for hydroxylation is 2. The standard InChI is InChI=1S/C30H29NO5/c1-17(2)16-35-23-12-11-20(15-25(23)34-5)27-26-28(32)22-13-18(3)19(4)14-24(22)36-29(26)30(33)31(27)21-9-7-6-8-10-21/h6-15,17,27H,16H2,1-5H3. The molecule has 0 aliphatic carbocycles. The molecule has 0 saturated carbocycles. The minimum atomic E-state index is -0.676. The SMILES string of the molecule is COc1cc(C2c3c(oc4cc(C)c(C)cc4c3=O)C(=O)N2c2ccccc2)ccc1OCC(C)C. The second-order valence-electron chi connectivity index (χ2n) is 9.64. The topological polar surface area (TPSA) is 69.0 Å². The molecule has 0 bridgehead atoms. The summed E-state index contributed by atoms with van der Waals surface area (Å²) in [4.78, 5) is 29.3. The lowest BCUT2D eigenvalue weighted by atomic mass is 9.97. The van der Waals surface area contributed by atoms with Gasteiger partial charge in [0, 0.05) is 5.69 Å². The van der Waals surface area contributed by atoms with Crippen molar-refractivity contribution in [3.05, 3.63) is 98.9 Å². The summed E-state index contributed by atoms with van der Waals surface area (Å²) in [5, 5.41) is 0.466. The van der Waals surface area contributed by atoms with Gasteiger partial charge in [0.2, 0.25) is 5.76 Å². The number of anilines is 1. The van der Waals surface area contributed by atoms with Crippen LogP contribution in [0, 0.1) is 19.8 Å². The zero-order valence-electron chi connectivity index (χ0n) is 21.1. The summed E-state index contributed by atoms with van der Waals surface area (Å²) < 4.78 is 17.7. The fourth-order valence-corrected chi connectivity index (χ4v) is 4.63. The molecule has 2 heterocycles. The van der Waals surface area contributed by atoms with Crippen LogP contribution in [0.1, 0.15) is 52.7 Å². The number of methoxy groups -OCH3 is 1. The number of hydrogen-bond acceptors (Lipinski definition) is 5. The van der Waals surface area contributed by atoms with E-state index >= 15 is 0 Å². The zero-order chi connectivity index (χ0) is 25.6. The summed E-state index contributed by atoms with van der Waals surface area (Å²) in [7, 11) is 1.58. The minimum absolute atomic E-state index is 0.0729. The Labute approximate surface area is 210 Å². The first-order valence-corrected chi connectivity index (χ1v) is 12.1. The third-order valence-corrected chi connectivity index (χ3v) is 6.60. The average molecular weight is 484 g/mol. The van der Waals surface area contributed by atoms with Crippen LogP contribution in [-0.2, 0) is 0 Å². The van der Waals surface area contributed by atoms with Gasteiger partial charge in [0.05, 0.1) is 30.7 Å². The van der Waals surface area contributed by atoms with E-state index in [9.17, 15) is 9.59 Å². The molecule has 1 aromatic heterocycles. The summed E-state index contributed by atoms with van der Waals surface area (Å²) in [6.07, 6.45) is 0. The Hall–Kier alpha value is -4.06. The van der Waals surface area contributed by atoms with Crippen LogP contribution in [-0.4, -0.2) is 19.6 Å². The van der Waals surface area contributed by atoms with Crippen LogP contribution in [0.5, 0.6) is 11.5 Å². The van der Waals surface area contributed by atoms with Crippen LogP contribution in [0.3, 0.4) is 0 Å². The van der Waals surface area contributed by atoms with Crippen molar-refractivity contribution in [1.82, 2.24) is 0 Å². The van der Waals surface area contributed by atoms with Crippen LogP contribution in [0.15, 0.2) is 69.9 Å². The first-order valence-electron chi connectivity index (χ1n) is 12.1. The Morgan fingerprint density at radius 2 is 1.67 bits per heavy atom. The monoisotopic (exact) mass is 483 g/mol. The number of para-hydroxylation sites is 1. The van der Waals surface area contributed by atoms with E-state index in [-0.39, 0.29) is 17.1 Å². The molecule has 1 aliphatic heterocycles. The predicted octanol–water partition coefficient (Wildman–Crippen LogP) is 6.20.